The number of aromatic nitrogens is 1. The van der Waals surface area contributed by atoms with Gasteiger partial charge in [0.1, 0.15) is 6.17 Å². The van der Waals surface area contributed by atoms with Gasteiger partial charge in [-0.3, -0.25) is 4.79 Å². The van der Waals surface area contributed by atoms with Crippen LogP contribution in [0.5, 0.6) is 0 Å². The Morgan fingerprint density at radius 3 is 2.44 bits per heavy atom. The van der Waals surface area contributed by atoms with Gasteiger partial charge in [0, 0.05) is 27.0 Å². The van der Waals surface area contributed by atoms with Crippen molar-refractivity contribution in [3.8, 4) is 0 Å². The van der Waals surface area contributed by atoms with E-state index in [2.05, 4.69) is 40.3 Å². The molecule has 4 rings (SSSR count). The fourth-order valence-corrected chi connectivity index (χ4v) is 4.54. The molecule has 1 N–H and O–H groups in total. The number of carbonyl (C=O) groups is 1. The molecule has 2 unspecified atom stereocenters. The summed E-state index contributed by atoms with van der Waals surface area (Å²) >= 11 is 3.53. The van der Waals surface area contributed by atoms with E-state index in [9.17, 15) is 9.18 Å². The Kier molecular flexibility index (Phi) is 11.6. The lowest BCUT2D eigenvalue weighted by atomic mass is 9.94. The van der Waals surface area contributed by atoms with E-state index in [1.54, 1.807) is 0 Å². The van der Waals surface area contributed by atoms with Crippen molar-refractivity contribution < 1.29 is 9.18 Å². The number of benzene rings is 2. The molecular weight excluding hydrogens is 491 g/mol. The van der Waals surface area contributed by atoms with Gasteiger partial charge < -0.3 is 5.32 Å². The summed E-state index contributed by atoms with van der Waals surface area (Å²) in [6.45, 7) is 8.07. The molecule has 34 heavy (non-hydrogen) atoms. The van der Waals surface area contributed by atoms with Crippen LogP contribution in [0.1, 0.15) is 73.6 Å². The lowest BCUT2D eigenvalue weighted by molar-refractivity contribution is 0.112. The zero-order valence-corrected chi connectivity index (χ0v) is 22.5. The van der Waals surface area contributed by atoms with Gasteiger partial charge >= 0.3 is 0 Å². The first-order valence-corrected chi connectivity index (χ1v) is 12.9. The van der Waals surface area contributed by atoms with Crippen LogP contribution < -0.4 is 5.32 Å². The van der Waals surface area contributed by atoms with E-state index in [0.717, 1.165) is 57.8 Å². The number of hydrogen-bond acceptors (Lipinski definition) is 3. The molecule has 0 amide bonds. The number of aldehydes is 1. The second-order valence-electron chi connectivity index (χ2n) is 8.09. The molecule has 1 fully saturated rings. The third kappa shape index (κ3) is 7.07. The second-order valence-corrected chi connectivity index (χ2v) is 9.00. The molecule has 5 heteroatoms. The lowest BCUT2D eigenvalue weighted by Gasteiger charge is -2.24. The number of fused-ring (bicyclic) bond motifs is 1. The van der Waals surface area contributed by atoms with E-state index in [1.807, 2.05) is 70.3 Å². The Bertz CT molecular complexity index is 1110. The number of pyridine rings is 1. The largest absolute Gasteiger partial charge is 0.314 e. The smallest absolute Gasteiger partial charge is 0.150 e. The van der Waals surface area contributed by atoms with Crippen molar-refractivity contribution in [1.29, 1.82) is 0 Å². The van der Waals surface area contributed by atoms with Crippen LogP contribution in [-0.4, -0.2) is 30.5 Å². The molecular formula is C29H36BrFN2O. The van der Waals surface area contributed by atoms with Crippen molar-refractivity contribution in [3.05, 3.63) is 81.5 Å². The van der Waals surface area contributed by atoms with Crippen LogP contribution in [0.15, 0.2) is 59.1 Å². The highest BCUT2D eigenvalue weighted by atomic mass is 79.9. The summed E-state index contributed by atoms with van der Waals surface area (Å²) < 4.78 is 13.8. The Morgan fingerprint density at radius 2 is 1.82 bits per heavy atom. The van der Waals surface area contributed by atoms with Crippen LogP contribution in [0.2, 0.25) is 0 Å². The highest BCUT2D eigenvalue weighted by Gasteiger charge is 2.22. The number of aryl methyl sites for hydroxylation is 1. The predicted octanol–water partition coefficient (Wildman–Crippen LogP) is 8.08. The molecule has 3 nitrogen and oxygen atoms in total. The molecule has 0 aliphatic heterocycles. The number of rotatable bonds is 4. The molecule has 1 heterocycles. The van der Waals surface area contributed by atoms with Crippen molar-refractivity contribution in [2.24, 2.45) is 0 Å². The summed E-state index contributed by atoms with van der Waals surface area (Å²) in [7, 11) is 1.84. The first kappa shape index (κ1) is 27.9. The van der Waals surface area contributed by atoms with E-state index in [0.29, 0.717) is 5.56 Å². The average Bonchev–Trinajstić information content (AvgIpc) is 2.88. The van der Waals surface area contributed by atoms with Gasteiger partial charge in [0.25, 0.3) is 0 Å². The van der Waals surface area contributed by atoms with E-state index < -0.39 is 6.17 Å². The van der Waals surface area contributed by atoms with E-state index in [-0.39, 0.29) is 6.04 Å². The maximum Gasteiger partial charge on any atom is 0.150 e. The monoisotopic (exact) mass is 526 g/mol. The summed E-state index contributed by atoms with van der Waals surface area (Å²) in [5.41, 5.74) is 5.62. The molecule has 1 aromatic heterocycles. The van der Waals surface area contributed by atoms with Gasteiger partial charge in [-0.1, -0.05) is 73.0 Å². The summed E-state index contributed by atoms with van der Waals surface area (Å²) in [6, 6.07) is 15.9. The van der Waals surface area contributed by atoms with Gasteiger partial charge in [-0.15, -0.1) is 0 Å². The van der Waals surface area contributed by atoms with Crippen molar-refractivity contribution in [3.63, 3.8) is 0 Å². The molecule has 1 aliphatic rings. The Morgan fingerprint density at radius 1 is 1.12 bits per heavy atom. The molecule has 0 spiro atoms. The van der Waals surface area contributed by atoms with Gasteiger partial charge in [0.05, 0.1) is 11.2 Å². The molecule has 182 valence electrons. The summed E-state index contributed by atoms with van der Waals surface area (Å²) in [6.07, 6.45) is 6.37. The number of hydrogen-bond donors (Lipinski definition) is 1. The summed E-state index contributed by atoms with van der Waals surface area (Å²) in [4.78, 5) is 16.2. The zero-order valence-electron chi connectivity index (χ0n) is 20.9. The number of allylic oxidation sites excluding steroid dienone is 1. The minimum absolute atomic E-state index is 0.138. The summed E-state index contributed by atoms with van der Waals surface area (Å²) in [5.74, 6) is 0. The van der Waals surface area contributed by atoms with Crippen LogP contribution >= 0.6 is 15.9 Å². The van der Waals surface area contributed by atoms with Crippen LogP contribution in [0.3, 0.4) is 0 Å². The van der Waals surface area contributed by atoms with Crippen LogP contribution in [-0.2, 0) is 0 Å². The number of nitrogens with zero attached hydrogens (tertiary/aromatic N) is 1. The normalized spacial score (nSPS) is 17.8. The van der Waals surface area contributed by atoms with E-state index >= 15 is 0 Å². The maximum absolute atomic E-state index is 12.8. The average molecular weight is 528 g/mol. The minimum Gasteiger partial charge on any atom is -0.314 e. The van der Waals surface area contributed by atoms with Gasteiger partial charge in [-0.25, -0.2) is 9.37 Å². The number of alkyl halides is 1. The maximum atomic E-state index is 12.8. The highest BCUT2D eigenvalue weighted by Crippen LogP contribution is 2.30. The molecule has 2 atom stereocenters. The number of para-hydroxylation sites is 1. The van der Waals surface area contributed by atoms with Gasteiger partial charge in [-0.05, 0) is 69.1 Å². The van der Waals surface area contributed by atoms with Gasteiger partial charge in [-0.2, -0.15) is 0 Å². The molecule has 0 radical (unpaired) electrons. The Labute approximate surface area is 212 Å². The fraction of sp³-hybridized carbons (Fsp3) is 0.379. The van der Waals surface area contributed by atoms with Crippen molar-refractivity contribution in [1.82, 2.24) is 10.3 Å². The van der Waals surface area contributed by atoms with Crippen molar-refractivity contribution in [2.75, 3.05) is 7.05 Å². The third-order valence-corrected chi connectivity index (χ3v) is 6.48. The first-order valence-electron chi connectivity index (χ1n) is 12.1. The molecule has 1 saturated carbocycles. The highest BCUT2D eigenvalue weighted by molar-refractivity contribution is 9.10. The lowest BCUT2D eigenvalue weighted by Crippen LogP contribution is -2.37. The standard InChI is InChI=1S/C20H16BrNO.C7H14FN.C2H6/c1-3-16(18-11-15(21)9-8-13(18)2)20-10-14(12-23)17-6-4-5-7-19(17)22-20;1-9-7-5-3-2-4-6(7)8;1-2/h3-12H,1-2H3;6-7,9H,2-5H2,1H3;1-2H3/b16-3+;;. The summed E-state index contributed by atoms with van der Waals surface area (Å²) in [5, 5.41) is 3.86. The third-order valence-electron chi connectivity index (χ3n) is 5.98. The Hall–Kier alpha value is -2.37. The fourth-order valence-electron chi connectivity index (χ4n) is 4.17. The Balaban J connectivity index is 0.000000311. The quantitative estimate of drug-likeness (QED) is 0.349. The zero-order chi connectivity index (χ0) is 25.1. The van der Waals surface area contributed by atoms with Crippen molar-refractivity contribution >= 4 is 38.7 Å². The molecule has 0 bridgehead atoms. The SMILES string of the molecule is C/C=C(/c1cc(C=O)c2ccccc2n1)c1cc(Br)ccc1C.CC.CNC1CCCCC1F. The van der Waals surface area contributed by atoms with Crippen LogP contribution in [0.25, 0.3) is 16.5 Å². The minimum atomic E-state index is -0.594. The van der Waals surface area contributed by atoms with Gasteiger partial charge in [0.2, 0.25) is 0 Å². The first-order chi connectivity index (χ1) is 16.5. The topological polar surface area (TPSA) is 42.0 Å². The number of nitrogens with one attached hydrogen (secondary N) is 1. The molecule has 3 aromatic rings. The van der Waals surface area contributed by atoms with Crippen LogP contribution in [0.4, 0.5) is 4.39 Å². The molecule has 1 aliphatic carbocycles. The molecule has 2 aromatic carbocycles. The van der Waals surface area contributed by atoms with Crippen molar-refractivity contribution in [2.45, 2.75) is 65.6 Å². The number of carbonyl (C=O) groups excluding carboxylic acids is 1. The molecule has 0 saturated heterocycles. The predicted molar refractivity (Wildman–Crippen MR) is 146 cm³/mol. The van der Waals surface area contributed by atoms with Crippen LogP contribution in [0, 0.1) is 6.92 Å². The number of halogens is 2. The van der Waals surface area contributed by atoms with E-state index in [4.69, 9.17) is 4.98 Å². The van der Waals surface area contributed by atoms with Gasteiger partial charge in [0.15, 0.2) is 6.29 Å². The van der Waals surface area contributed by atoms with E-state index in [1.165, 1.54) is 12.0 Å². The second kappa shape index (κ2) is 14.1.